The van der Waals surface area contributed by atoms with E-state index in [1.54, 1.807) is 35.2 Å². The topological polar surface area (TPSA) is 75.7 Å². The van der Waals surface area contributed by atoms with Crippen LogP contribution in [-0.2, 0) is 26.0 Å². The van der Waals surface area contributed by atoms with E-state index >= 15 is 4.39 Å². The van der Waals surface area contributed by atoms with Gasteiger partial charge in [0, 0.05) is 30.0 Å². The van der Waals surface area contributed by atoms with E-state index in [1.807, 2.05) is 0 Å². The molecule has 2 aromatic carbocycles. The maximum Gasteiger partial charge on any atom is 0.252 e. The van der Waals surface area contributed by atoms with Crippen molar-refractivity contribution in [2.24, 2.45) is 5.41 Å². The molecule has 0 radical (unpaired) electrons. The van der Waals surface area contributed by atoms with Crippen molar-refractivity contribution >= 4 is 15.9 Å². The number of nitrogens with zero attached hydrogens (tertiary/aromatic N) is 1. The predicted octanol–water partition coefficient (Wildman–Crippen LogP) is 3.40. The number of carbonyl (C=O) groups excluding carboxylic acids is 1. The van der Waals surface area contributed by atoms with E-state index in [1.165, 1.54) is 6.07 Å². The number of amides is 1. The molecule has 3 atom stereocenters. The second-order valence-electron chi connectivity index (χ2n) is 10.4. The predicted molar refractivity (Wildman–Crippen MR) is 126 cm³/mol. The van der Waals surface area contributed by atoms with Gasteiger partial charge in [0.2, 0.25) is 10.0 Å². The summed E-state index contributed by atoms with van der Waals surface area (Å²) in [4.78, 5) is 15.0. The molecule has 1 amide bonds. The maximum atomic E-state index is 15.7. The Hall–Kier alpha value is -2.36. The average molecular weight is 503 g/mol. The zero-order chi connectivity index (χ0) is 24.4. The fraction of sp³-hybridized carbons (Fsp3) is 0.500. The molecular formula is C26H28F2N2O4S. The average Bonchev–Trinajstić information content (AvgIpc) is 3.70. The summed E-state index contributed by atoms with van der Waals surface area (Å²) in [6, 6.07) is 9.92. The van der Waals surface area contributed by atoms with Gasteiger partial charge in [0.05, 0.1) is 17.9 Å². The third-order valence-electron chi connectivity index (χ3n) is 7.96. The molecule has 2 aromatic rings. The third kappa shape index (κ3) is 4.17. The molecule has 2 saturated carbocycles. The van der Waals surface area contributed by atoms with E-state index in [-0.39, 0.29) is 28.9 Å². The Balaban J connectivity index is 1.38. The van der Waals surface area contributed by atoms with Crippen molar-refractivity contribution in [3.63, 3.8) is 0 Å². The lowest BCUT2D eigenvalue weighted by Crippen LogP contribution is -2.53. The van der Waals surface area contributed by atoms with Crippen LogP contribution in [0.5, 0.6) is 0 Å². The largest absolute Gasteiger partial charge is 0.368 e. The SMILES string of the molecule is O=C([C@H]1CCO1)N1CC2(CC2)[C@H](NS(=O)(=O)C2CC2)[C@@H]1Cc1cc(F)cc(-c2ccccc2)c1F. The highest BCUT2D eigenvalue weighted by Gasteiger charge is 2.62. The number of nitrogens with one attached hydrogen (secondary N) is 1. The van der Waals surface area contributed by atoms with Gasteiger partial charge >= 0.3 is 0 Å². The molecule has 4 aliphatic rings. The molecule has 35 heavy (non-hydrogen) atoms. The summed E-state index contributed by atoms with van der Waals surface area (Å²) >= 11 is 0. The van der Waals surface area contributed by atoms with Crippen LogP contribution in [-0.4, -0.2) is 55.8 Å². The summed E-state index contributed by atoms with van der Waals surface area (Å²) in [6.07, 6.45) is 2.90. The zero-order valence-electron chi connectivity index (χ0n) is 19.3. The van der Waals surface area contributed by atoms with Crippen molar-refractivity contribution in [1.29, 1.82) is 0 Å². The molecule has 2 heterocycles. The van der Waals surface area contributed by atoms with E-state index in [0.29, 0.717) is 38.0 Å². The molecule has 4 fully saturated rings. The van der Waals surface area contributed by atoms with Gasteiger partial charge in [0.25, 0.3) is 5.91 Å². The second-order valence-corrected chi connectivity index (χ2v) is 12.4. The number of carbonyl (C=O) groups is 1. The zero-order valence-corrected chi connectivity index (χ0v) is 20.1. The molecule has 2 aliphatic heterocycles. The van der Waals surface area contributed by atoms with Gasteiger partial charge in [0.1, 0.15) is 17.7 Å². The molecular weight excluding hydrogens is 474 g/mol. The van der Waals surface area contributed by atoms with Crippen molar-refractivity contribution in [2.45, 2.75) is 62.0 Å². The summed E-state index contributed by atoms with van der Waals surface area (Å²) < 4.78 is 64.6. The first kappa shape index (κ1) is 23.1. The van der Waals surface area contributed by atoms with E-state index in [4.69, 9.17) is 4.74 Å². The smallest absolute Gasteiger partial charge is 0.252 e. The number of halogens is 2. The Kier molecular flexibility index (Phi) is 5.50. The molecule has 0 unspecified atom stereocenters. The number of hydrogen-bond acceptors (Lipinski definition) is 4. The number of likely N-dealkylation sites (tertiary alicyclic amines) is 1. The van der Waals surface area contributed by atoms with Gasteiger partial charge in [-0.1, -0.05) is 30.3 Å². The number of ether oxygens (including phenoxy) is 1. The van der Waals surface area contributed by atoms with Gasteiger partial charge in [-0.15, -0.1) is 0 Å². The van der Waals surface area contributed by atoms with Crippen LogP contribution in [0.25, 0.3) is 11.1 Å². The molecule has 1 spiro atoms. The monoisotopic (exact) mass is 502 g/mol. The van der Waals surface area contributed by atoms with Crippen LogP contribution >= 0.6 is 0 Å². The Morgan fingerprint density at radius 1 is 1.11 bits per heavy atom. The van der Waals surface area contributed by atoms with Gasteiger partial charge < -0.3 is 9.64 Å². The first-order valence-electron chi connectivity index (χ1n) is 12.2. The van der Waals surface area contributed by atoms with Crippen LogP contribution < -0.4 is 4.72 Å². The molecule has 186 valence electrons. The number of benzene rings is 2. The number of hydrogen-bond donors (Lipinski definition) is 1. The Morgan fingerprint density at radius 2 is 1.83 bits per heavy atom. The standard InChI is InChI=1S/C26H28F2N2O4S/c27-18-12-17(23(28)20(14-18)16-4-2-1-3-5-16)13-21-24(29-35(32,33)19-6-7-19)26(9-10-26)15-30(21)25(31)22-8-11-34-22/h1-5,12,14,19,21-22,24,29H,6-11,13,15H2/t21-,22+,24+/m0/s1. The summed E-state index contributed by atoms with van der Waals surface area (Å²) in [6.45, 7) is 0.910. The molecule has 2 saturated heterocycles. The highest BCUT2D eigenvalue weighted by Crippen LogP contribution is 2.56. The van der Waals surface area contributed by atoms with Crippen molar-refractivity contribution in [1.82, 2.24) is 9.62 Å². The first-order valence-corrected chi connectivity index (χ1v) is 13.8. The maximum absolute atomic E-state index is 15.7. The summed E-state index contributed by atoms with van der Waals surface area (Å²) in [5.41, 5.74) is 0.472. The first-order chi connectivity index (χ1) is 16.8. The van der Waals surface area contributed by atoms with E-state index < -0.39 is 45.1 Å². The normalized spacial score (nSPS) is 27.1. The Morgan fingerprint density at radius 3 is 2.43 bits per heavy atom. The van der Waals surface area contributed by atoms with Gasteiger partial charge in [0.15, 0.2) is 0 Å². The van der Waals surface area contributed by atoms with Crippen LogP contribution in [0, 0.1) is 17.0 Å². The van der Waals surface area contributed by atoms with Crippen molar-refractivity contribution in [3.05, 3.63) is 59.7 Å². The lowest BCUT2D eigenvalue weighted by molar-refractivity contribution is -0.157. The Labute approximate surface area is 203 Å². The summed E-state index contributed by atoms with van der Waals surface area (Å²) in [5, 5.41) is -0.408. The fourth-order valence-electron chi connectivity index (χ4n) is 5.56. The lowest BCUT2D eigenvalue weighted by Gasteiger charge is -2.34. The van der Waals surface area contributed by atoms with Crippen LogP contribution in [0.2, 0.25) is 0 Å². The van der Waals surface area contributed by atoms with Crippen LogP contribution in [0.15, 0.2) is 42.5 Å². The fourth-order valence-corrected chi connectivity index (χ4v) is 7.27. The number of sulfonamides is 1. The summed E-state index contributed by atoms with van der Waals surface area (Å²) in [5.74, 6) is -1.32. The van der Waals surface area contributed by atoms with Gasteiger partial charge in [-0.05, 0) is 55.4 Å². The molecule has 0 bridgehead atoms. The van der Waals surface area contributed by atoms with Gasteiger partial charge in [-0.3, -0.25) is 4.79 Å². The third-order valence-corrected chi connectivity index (χ3v) is 9.89. The highest BCUT2D eigenvalue weighted by molar-refractivity contribution is 7.90. The summed E-state index contributed by atoms with van der Waals surface area (Å²) in [7, 11) is -3.54. The highest BCUT2D eigenvalue weighted by atomic mass is 32.2. The quantitative estimate of drug-likeness (QED) is 0.630. The second kappa shape index (κ2) is 8.35. The Bertz CT molecular complexity index is 1260. The lowest BCUT2D eigenvalue weighted by atomic mass is 9.91. The minimum Gasteiger partial charge on any atom is -0.368 e. The van der Waals surface area contributed by atoms with Crippen LogP contribution in [0.3, 0.4) is 0 Å². The molecule has 9 heteroatoms. The molecule has 6 nitrogen and oxygen atoms in total. The van der Waals surface area contributed by atoms with E-state index in [9.17, 15) is 17.6 Å². The molecule has 2 aliphatic carbocycles. The van der Waals surface area contributed by atoms with E-state index in [0.717, 1.165) is 18.9 Å². The van der Waals surface area contributed by atoms with Crippen LogP contribution in [0.4, 0.5) is 8.78 Å². The molecule has 6 rings (SSSR count). The minimum absolute atomic E-state index is 0.0154. The van der Waals surface area contributed by atoms with E-state index in [2.05, 4.69) is 4.72 Å². The van der Waals surface area contributed by atoms with Crippen molar-refractivity contribution < 1.29 is 26.7 Å². The molecule has 0 aromatic heterocycles. The van der Waals surface area contributed by atoms with Crippen molar-refractivity contribution in [3.8, 4) is 11.1 Å². The number of rotatable bonds is 7. The van der Waals surface area contributed by atoms with Crippen molar-refractivity contribution in [2.75, 3.05) is 13.2 Å². The molecule has 1 N–H and O–H groups in total. The van der Waals surface area contributed by atoms with Crippen LogP contribution in [0.1, 0.15) is 37.7 Å². The van der Waals surface area contributed by atoms with Gasteiger partial charge in [-0.25, -0.2) is 21.9 Å². The van der Waals surface area contributed by atoms with Gasteiger partial charge in [-0.2, -0.15) is 0 Å². The minimum atomic E-state index is -3.54.